The van der Waals surface area contributed by atoms with Gasteiger partial charge in [-0.15, -0.1) is 0 Å². The van der Waals surface area contributed by atoms with E-state index in [-0.39, 0.29) is 26.7 Å². The molecular formula is C24H24Cl2N2O4. The number of hydrogen-bond acceptors (Lipinski definition) is 5. The minimum absolute atomic E-state index is 0.113. The summed E-state index contributed by atoms with van der Waals surface area (Å²) < 4.78 is 4.85. The van der Waals surface area contributed by atoms with Crippen LogP contribution in [0.1, 0.15) is 47.2 Å². The Morgan fingerprint density at radius 1 is 1.16 bits per heavy atom. The zero-order valence-electron chi connectivity index (χ0n) is 17.7. The van der Waals surface area contributed by atoms with Gasteiger partial charge in [-0.3, -0.25) is 9.69 Å². The van der Waals surface area contributed by atoms with Crippen LogP contribution in [0.5, 0.6) is 0 Å². The second-order valence-electron chi connectivity index (χ2n) is 8.69. The van der Waals surface area contributed by atoms with Crippen molar-refractivity contribution in [2.75, 3.05) is 25.1 Å². The number of amides is 1. The predicted octanol–water partition coefficient (Wildman–Crippen LogP) is 3.99. The summed E-state index contributed by atoms with van der Waals surface area (Å²) in [6, 6.07) is 10.8. The third-order valence-electron chi connectivity index (χ3n) is 6.58. The van der Waals surface area contributed by atoms with Gasteiger partial charge in [0.2, 0.25) is 0 Å². The summed E-state index contributed by atoms with van der Waals surface area (Å²) in [5.41, 5.74) is -0.891. The summed E-state index contributed by atoms with van der Waals surface area (Å²) >= 11 is 13.0. The fourth-order valence-corrected chi connectivity index (χ4v) is 5.35. The van der Waals surface area contributed by atoms with Gasteiger partial charge in [-0.25, -0.2) is 4.79 Å². The van der Waals surface area contributed by atoms with Crippen LogP contribution in [-0.2, 0) is 15.1 Å². The summed E-state index contributed by atoms with van der Waals surface area (Å²) in [6.07, 6.45) is 4.73. The van der Waals surface area contributed by atoms with E-state index in [9.17, 15) is 14.7 Å². The summed E-state index contributed by atoms with van der Waals surface area (Å²) in [7, 11) is 1.29. The maximum atomic E-state index is 13.7. The molecule has 1 amide bonds. The van der Waals surface area contributed by atoms with Gasteiger partial charge in [0.1, 0.15) is 0 Å². The van der Waals surface area contributed by atoms with Crippen molar-refractivity contribution >= 4 is 40.8 Å². The predicted molar refractivity (Wildman–Crippen MR) is 122 cm³/mol. The summed E-state index contributed by atoms with van der Waals surface area (Å²) in [4.78, 5) is 30.0. The van der Waals surface area contributed by atoms with Gasteiger partial charge in [0.25, 0.3) is 5.91 Å². The van der Waals surface area contributed by atoms with E-state index in [1.807, 2.05) is 0 Å². The molecule has 2 saturated carbocycles. The zero-order chi connectivity index (χ0) is 22.6. The van der Waals surface area contributed by atoms with Gasteiger partial charge < -0.3 is 14.7 Å². The lowest BCUT2D eigenvalue weighted by Crippen LogP contribution is -2.45. The molecular weight excluding hydrogens is 451 g/mol. The highest BCUT2D eigenvalue weighted by atomic mass is 35.5. The Kier molecular flexibility index (Phi) is 5.45. The average molecular weight is 475 g/mol. The number of benzene rings is 2. The van der Waals surface area contributed by atoms with E-state index in [2.05, 4.69) is 4.90 Å². The van der Waals surface area contributed by atoms with Crippen LogP contribution in [0.4, 0.5) is 5.69 Å². The van der Waals surface area contributed by atoms with Gasteiger partial charge in [-0.2, -0.15) is 0 Å². The van der Waals surface area contributed by atoms with E-state index in [4.69, 9.17) is 27.9 Å². The molecule has 8 heteroatoms. The molecule has 0 spiro atoms. The van der Waals surface area contributed by atoms with Crippen molar-refractivity contribution in [1.82, 2.24) is 4.90 Å². The van der Waals surface area contributed by atoms with Crippen molar-refractivity contribution in [3.8, 4) is 0 Å². The van der Waals surface area contributed by atoms with Crippen LogP contribution in [0, 0.1) is 0 Å². The molecule has 5 rings (SSSR count). The normalized spacial score (nSPS) is 22.4. The number of hydrogen-bond donors (Lipinski definition) is 1. The molecule has 1 unspecified atom stereocenters. The number of fused-ring (bicyclic) bond motifs is 1. The van der Waals surface area contributed by atoms with Crippen molar-refractivity contribution in [1.29, 1.82) is 0 Å². The Hall–Kier alpha value is -2.12. The fourth-order valence-electron chi connectivity index (χ4n) is 4.73. The van der Waals surface area contributed by atoms with Gasteiger partial charge in [-0.05, 0) is 43.9 Å². The van der Waals surface area contributed by atoms with Crippen LogP contribution in [-0.4, -0.2) is 54.2 Å². The van der Waals surface area contributed by atoms with E-state index in [0.717, 1.165) is 0 Å². The van der Waals surface area contributed by atoms with Crippen LogP contribution >= 0.6 is 23.2 Å². The van der Waals surface area contributed by atoms with Gasteiger partial charge in [0.05, 0.1) is 23.4 Å². The van der Waals surface area contributed by atoms with Crippen molar-refractivity contribution in [2.24, 2.45) is 0 Å². The second kappa shape index (κ2) is 8.03. The SMILES string of the molecule is COC(=O)c1cc(Cl)c2c(c1)N(CCN(C1CC1)C1CC1)C(=O)C2(O)c1ccccc1Cl. The molecule has 3 aliphatic rings. The summed E-state index contributed by atoms with van der Waals surface area (Å²) in [5.74, 6) is -1.08. The molecule has 0 saturated heterocycles. The second-order valence-corrected chi connectivity index (χ2v) is 9.51. The van der Waals surface area contributed by atoms with Gasteiger partial charge >= 0.3 is 5.97 Å². The van der Waals surface area contributed by atoms with Gasteiger partial charge in [0, 0.05) is 41.3 Å². The van der Waals surface area contributed by atoms with Crippen molar-refractivity contribution in [3.63, 3.8) is 0 Å². The molecule has 6 nitrogen and oxygen atoms in total. The number of carbonyl (C=O) groups excluding carboxylic acids is 2. The van der Waals surface area contributed by atoms with Crippen LogP contribution in [0.2, 0.25) is 10.0 Å². The van der Waals surface area contributed by atoms with E-state index in [0.29, 0.717) is 30.9 Å². The highest BCUT2D eigenvalue weighted by Gasteiger charge is 2.54. The molecule has 1 aliphatic heterocycles. The monoisotopic (exact) mass is 474 g/mol. The summed E-state index contributed by atoms with van der Waals surface area (Å²) in [6.45, 7) is 1.08. The Morgan fingerprint density at radius 3 is 2.41 bits per heavy atom. The average Bonchev–Trinajstić information content (AvgIpc) is 3.69. The fraction of sp³-hybridized carbons (Fsp3) is 0.417. The Bertz CT molecular complexity index is 1090. The molecule has 2 aromatic rings. The summed E-state index contributed by atoms with van der Waals surface area (Å²) in [5, 5.41) is 12.2. The third-order valence-corrected chi connectivity index (χ3v) is 7.20. The molecule has 2 aliphatic carbocycles. The highest BCUT2D eigenvalue weighted by molar-refractivity contribution is 6.35. The van der Waals surface area contributed by atoms with E-state index < -0.39 is 17.5 Å². The molecule has 0 aromatic heterocycles. The number of nitrogens with zero attached hydrogens (tertiary/aromatic N) is 2. The Labute approximate surface area is 196 Å². The largest absolute Gasteiger partial charge is 0.465 e. The highest BCUT2D eigenvalue weighted by Crippen LogP contribution is 2.50. The number of rotatable bonds is 7. The van der Waals surface area contributed by atoms with Gasteiger partial charge in [-0.1, -0.05) is 41.4 Å². The quantitative estimate of drug-likeness (QED) is 0.614. The standard InChI is InChI=1S/C24H24Cl2N2O4/c1-32-22(29)14-12-19(26)21-20(13-14)28(11-10-27(15-6-7-15)16-8-9-16)23(30)24(21,31)17-4-2-3-5-18(17)25/h2-5,12-13,15-16,31H,6-11H2,1H3. The topological polar surface area (TPSA) is 70.1 Å². The van der Waals surface area contributed by atoms with Crippen LogP contribution in [0.15, 0.2) is 36.4 Å². The smallest absolute Gasteiger partial charge is 0.337 e. The lowest BCUT2D eigenvalue weighted by atomic mass is 9.87. The van der Waals surface area contributed by atoms with Crippen molar-refractivity contribution in [3.05, 3.63) is 63.1 Å². The van der Waals surface area contributed by atoms with Crippen LogP contribution < -0.4 is 4.90 Å². The van der Waals surface area contributed by atoms with Gasteiger partial charge in [0.15, 0.2) is 5.60 Å². The number of methoxy groups -OCH3 is 1. The third kappa shape index (κ3) is 3.50. The molecule has 2 fully saturated rings. The van der Waals surface area contributed by atoms with E-state index in [1.165, 1.54) is 43.8 Å². The lowest BCUT2D eigenvalue weighted by molar-refractivity contribution is -0.132. The molecule has 1 heterocycles. The first-order valence-electron chi connectivity index (χ1n) is 10.8. The van der Waals surface area contributed by atoms with E-state index >= 15 is 0 Å². The number of ether oxygens (including phenoxy) is 1. The van der Waals surface area contributed by atoms with Crippen LogP contribution in [0.3, 0.4) is 0 Å². The Morgan fingerprint density at radius 2 is 1.81 bits per heavy atom. The minimum atomic E-state index is -2.04. The van der Waals surface area contributed by atoms with E-state index in [1.54, 1.807) is 30.3 Å². The van der Waals surface area contributed by atoms with Crippen molar-refractivity contribution in [2.45, 2.75) is 43.4 Å². The number of anilines is 1. The lowest BCUT2D eigenvalue weighted by Gasteiger charge is -2.27. The maximum Gasteiger partial charge on any atom is 0.337 e. The molecule has 2 aromatic carbocycles. The number of aliphatic hydroxyl groups is 1. The molecule has 1 N–H and O–H groups in total. The first-order chi connectivity index (χ1) is 15.4. The number of carbonyl (C=O) groups is 2. The molecule has 32 heavy (non-hydrogen) atoms. The first kappa shape index (κ1) is 21.7. The molecule has 1 atom stereocenters. The van der Waals surface area contributed by atoms with Crippen LogP contribution in [0.25, 0.3) is 0 Å². The number of halogens is 2. The zero-order valence-corrected chi connectivity index (χ0v) is 19.2. The maximum absolute atomic E-state index is 13.7. The number of esters is 1. The molecule has 0 bridgehead atoms. The first-order valence-corrected chi connectivity index (χ1v) is 11.6. The Balaban J connectivity index is 1.59. The molecule has 168 valence electrons. The van der Waals surface area contributed by atoms with Crippen molar-refractivity contribution < 1.29 is 19.4 Å². The molecule has 0 radical (unpaired) electrons. The minimum Gasteiger partial charge on any atom is -0.465 e.